The fourth-order valence-electron chi connectivity index (χ4n) is 6.73. The van der Waals surface area contributed by atoms with Crippen LogP contribution in [0.1, 0.15) is 38.5 Å². The zero-order chi connectivity index (χ0) is 23.4. The van der Waals surface area contributed by atoms with Crippen LogP contribution in [0.3, 0.4) is 0 Å². The van der Waals surface area contributed by atoms with Crippen molar-refractivity contribution in [3.8, 4) is 0 Å². The Kier molecular flexibility index (Phi) is 3.59. The highest BCUT2D eigenvalue weighted by Gasteiger charge is 2.91. The lowest BCUT2D eigenvalue weighted by molar-refractivity contribution is 0.0214. The third-order valence-electron chi connectivity index (χ3n) is 8.24. The lowest BCUT2D eigenvalue weighted by Crippen LogP contribution is -2.26. The van der Waals surface area contributed by atoms with Gasteiger partial charge in [-0.05, 0) is 57.8 Å². The molecule has 0 amide bonds. The van der Waals surface area contributed by atoms with Gasteiger partial charge in [0.1, 0.15) is 0 Å². The van der Waals surface area contributed by atoms with E-state index in [-0.39, 0.29) is 11.9 Å². The number of hydrogen-bond donors (Lipinski definition) is 0. The number of ether oxygens (including phenoxy) is 1. The summed E-state index contributed by atoms with van der Waals surface area (Å²) in [6, 6.07) is 28.0. The number of nitrogens with zero attached hydrogens (tertiary/aromatic N) is 2. The van der Waals surface area contributed by atoms with Gasteiger partial charge in [-0.1, -0.05) is 48.5 Å². The first-order chi connectivity index (χ1) is 16.4. The summed E-state index contributed by atoms with van der Waals surface area (Å²) < 4.78 is 6.36. The molecule has 1 saturated carbocycles. The van der Waals surface area contributed by atoms with Gasteiger partial charge >= 0.3 is 5.97 Å². The minimum Gasteiger partial charge on any atom is -0.448 e. The Morgan fingerprint density at radius 1 is 0.765 bits per heavy atom. The van der Waals surface area contributed by atoms with E-state index in [0.29, 0.717) is 0 Å². The fraction of sp³-hybridized carbons (Fsp3) is 0.233. The maximum Gasteiger partial charge on any atom is 0.339 e. The molecule has 4 aromatic carbocycles. The van der Waals surface area contributed by atoms with E-state index in [2.05, 4.69) is 105 Å². The van der Waals surface area contributed by atoms with Gasteiger partial charge in [0.2, 0.25) is 0 Å². The van der Waals surface area contributed by atoms with Crippen LogP contribution in [-0.2, 0) is 15.8 Å². The highest BCUT2D eigenvalue weighted by atomic mass is 16.6. The average Bonchev–Trinajstić information content (AvgIpc) is 3.23. The monoisotopic (exact) mass is 446 g/mol. The Hall–Kier alpha value is -3.79. The molecule has 4 nitrogen and oxygen atoms in total. The first-order valence-electron chi connectivity index (χ1n) is 11.8. The first kappa shape index (κ1) is 19.7. The standard InChI is InChI=1S/C30H26N2O2/c1-31(2)21-13-9-19(10-14-21)29(20-11-15-22(16-12-20)32(3)4)27-25-23-8-6-5-7-18(23)17-24-26(25)30(27,29)34-28(24)33/h5-17,27H,1-4H3. The first-order valence-corrected chi connectivity index (χ1v) is 11.8. The smallest absolute Gasteiger partial charge is 0.339 e. The molecule has 1 heterocycles. The van der Waals surface area contributed by atoms with Crippen LogP contribution in [0.4, 0.5) is 11.4 Å². The highest BCUT2D eigenvalue weighted by Crippen LogP contribution is 2.88. The van der Waals surface area contributed by atoms with Crippen molar-refractivity contribution in [2.24, 2.45) is 0 Å². The Balaban J connectivity index is 1.50. The molecule has 4 heteroatoms. The van der Waals surface area contributed by atoms with Crippen molar-refractivity contribution in [1.29, 1.82) is 0 Å². The van der Waals surface area contributed by atoms with E-state index >= 15 is 0 Å². The largest absolute Gasteiger partial charge is 0.448 e. The summed E-state index contributed by atoms with van der Waals surface area (Å²) in [7, 11) is 8.21. The molecule has 1 spiro atoms. The Morgan fingerprint density at radius 3 is 1.88 bits per heavy atom. The minimum atomic E-state index is -0.613. The van der Waals surface area contributed by atoms with Gasteiger partial charge in [-0.15, -0.1) is 0 Å². The number of benzene rings is 4. The van der Waals surface area contributed by atoms with Crippen LogP contribution >= 0.6 is 0 Å². The molecule has 2 unspecified atom stereocenters. The summed E-state index contributed by atoms with van der Waals surface area (Å²) in [4.78, 5) is 17.4. The second-order valence-corrected chi connectivity index (χ2v) is 10.2. The van der Waals surface area contributed by atoms with E-state index in [1.165, 1.54) is 22.1 Å². The molecule has 1 fully saturated rings. The molecule has 168 valence electrons. The Morgan fingerprint density at radius 2 is 1.32 bits per heavy atom. The molecule has 1 aliphatic heterocycles. The third kappa shape index (κ3) is 2.04. The molecule has 0 N–H and O–H groups in total. The number of hydrogen-bond acceptors (Lipinski definition) is 4. The molecule has 34 heavy (non-hydrogen) atoms. The predicted molar refractivity (Wildman–Crippen MR) is 136 cm³/mol. The van der Waals surface area contributed by atoms with Crippen LogP contribution in [0.2, 0.25) is 0 Å². The molecule has 3 aliphatic rings. The summed E-state index contributed by atoms with van der Waals surface area (Å²) in [5, 5.41) is 2.34. The molecule has 2 atom stereocenters. The van der Waals surface area contributed by atoms with Crippen molar-refractivity contribution in [3.05, 3.63) is 107 Å². The van der Waals surface area contributed by atoms with Gasteiger partial charge in [-0.3, -0.25) is 0 Å². The lowest BCUT2D eigenvalue weighted by Gasteiger charge is -2.26. The van der Waals surface area contributed by atoms with Crippen LogP contribution < -0.4 is 9.80 Å². The highest BCUT2D eigenvalue weighted by molar-refractivity contribution is 6.08. The molecule has 0 aromatic heterocycles. The molecule has 7 rings (SSSR count). The van der Waals surface area contributed by atoms with Crippen molar-refractivity contribution >= 4 is 28.1 Å². The normalized spacial score (nSPS) is 22.5. The fourth-order valence-corrected chi connectivity index (χ4v) is 6.73. The zero-order valence-corrected chi connectivity index (χ0v) is 19.8. The lowest BCUT2D eigenvalue weighted by atomic mass is 9.80. The van der Waals surface area contributed by atoms with Gasteiger partial charge in [0.05, 0.1) is 11.0 Å². The van der Waals surface area contributed by atoms with Gasteiger partial charge in [-0.25, -0.2) is 4.79 Å². The van der Waals surface area contributed by atoms with Gasteiger partial charge in [0.15, 0.2) is 5.60 Å². The number of carbonyl (C=O) groups is 1. The average molecular weight is 447 g/mol. The van der Waals surface area contributed by atoms with Crippen LogP contribution in [0.15, 0.2) is 78.9 Å². The van der Waals surface area contributed by atoms with Crippen molar-refractivity contribution in [2.45, 2.75) is 16.9 Å². The van der Waals surface area contributed by atoms with E-state index < -0.39 is 11.0 Å². The zero-order valence-electron chi connectivity index (χ0n) is 19.8. The maximum absolute atomic E-state index is 13.2. The summed E-state index contributed by atoms with van der Waals surface area (Å²) in [6.07, 6.45) is 0. The molecule has 2 aliphatic carbocycles. The van der Waals surface area contributed by atoms with E-state index in [1.54, 1.807) is 0 Å². The SMILES string of the molecule is CN(C)c1ccc(C2(c3ccc(N(C)C)cc3)C3c4c5c(cc6ccccc46)C(=O)OC532)cc1. The number of rotatable bonds is 4. The maximum atomic E-state index is 13.2. The number of carbonyl (C=O) groups excluding carboxylic acids is 1. The van der Waals surface area contributed by atoms with E-state index in [0.717, 1.165) is 27.9 Å². The van der Waals surface area contributed by atoms with Crippen molar-refractivity contribution in [3.63, 3.8) is 0 Å². The topological polar surface area (TPSA) is 32.8 Å². The van der Waals surface area contributed by atoms with Gasteiger partial charge < -0.3 is 14.5 Å². The summed E-state index contributed by atoms with van der Waals surface area (Å²) in [5.41, 5.74) is 6.79. The van der Waals surface area contributed by atoms with Crippen LogP contribution in [-0.4, -0.2) is 34.2 Å². The van der Waals surface area contributed by atoms with Gasteiger partial charge in [-0.2, -0.15) is 0 Å². The van der Waals surface area contributed by atoms with Crippen molar-refractivity contribution in [1.82, 2.24) is 0 Å². The Bertz CT molecular complexity index is 1450. The van der Waals surface area contributed by atoms with Crippen LogP contribution in [0.25, 0.3) is 10.8 Å². The molecule has 0 radical (unpaired) electrons. The summed E-state index contributed by atoms with van der Waals surface area (Å²) in [5.74, 6) is -0.0806. The van der Waals surface area contributed by atoms with E-state index in [9.17, 15) is 4.79 Å². The summed E-state index contributed by atoms with van der Waals surface area (Å²) >= 11 is 0. The molecule has 4 aromatic rings. The van der Waals surface area contributed by atoms with E-state index in [4.69, 9.17) is 4.74 Å². The van der Waals surface area contributed by atoms with Gasteiger partial charge in [0, 0.05) is 51.0 Å². The molecule has 0 bridgehead atoms. The summed E-state index contributed by atoms with van der Waals surface area (Å²) in [6.45, 7) is 0. The molecule has 0 saturated heterocycles. The quantitative estimate of drug-likeness (QED) is 0.391. The second kappa shape index (κ2) is 6.20. The molecular formula is C30H26N2O2. The van der Waals surface area contributed by atoms with Crippen molar-refractivity contribution in [2.75, 3.05) is 38.0 Å². The number of esters is 1. The third-order valence-corrected chi connectivity index (χ3v) is 8.24. The Labute approximate surface area is 199 Å². The van der Waals surface area contributed by atoms with Gasteiger partial charge in [0.25, 0.3) is 0 Å². The van der Waals surface area contributed by atoms with E-state index in [1.807, 2.05) is 12.1 Å². The second-order valence-electron chi connectivity index (χ2n) is 10.2. The number of fused-ring (bicyclic) bond motifs is 3. The van der Waals surface area contributed by atoms with Crippen LogP contribution in [0.5, 0.6) is 0 Å². The predicted octanol–water partition coefficient (Wildman–Crippen LogP) is 5.43. The molecular weight excluding hydrogens is 420 g/mol. The number of anilines is 2. The minimum absolute atomic E-state index is 0.113. The van der Waals surface area contributed by atoms with Crippen molar-refractivity contribution < 1.29 is 9.53 Å². The van der Waals surface area contributed by atoms with Crippen LogP contribution in [0, 0.1) is 0 Å².